The van der Waals surface area contributed by atoms with Crippen molar-refractivity contribution in [3.05, 3.63) is 0 Å². The van der Waals surface area contributed by atoms with Crippen molar-refractivity contribution in [2.75, 3.05) is 0 Å². The van der Waals surface area contributed by atoms with Gasteiger partial charge >= 0.3 is 7.32 Å². The van der Waals surface area contributed by atoms with Gasteiger partial charge in [-0.05, 0) is 12.3 Å². The first-order valence-electron chi connectivity index (χ1n) is 3.95. The fourth-order valence-corrected chi connectivity index (χ4v) is 1.27. The van der Waals surface area contributed by atoms with Crippen LogP contribution in [0, 0.1) is 5.92 Å². The van der Waals surface area contributed by atoms with Crippen LogP contribution in [0.25, 0.3) is 0 Å². The second-order valence-corrected chi connectivity index (χ2v) is 3.03. The molecule has 5 heteroatoms. The Morgan fingerprint density at radius 3 is 2.55 bits per heavy atom. The molecule has 1 saturated carbocycles. The zero-order valence-electron chi connectivity index (χ0n) is 6.44. The van der Waals surface area contributed by atoms with E-state index in [9.17, 15) is 0 Å². The van der Waals surface area contributed by atoms with Gasteiger partial charge < -0.3 is 20.4 Å². The zero-order valence-corrected chi connectivity index (χ0v) is 6.44. The Hall–Kier alpha value is -0.0951. The maximum atomic E-state index is 8.38. The number of nitrogens with two attached hydrogens (primary N) is 1. The summed E-state index contributed by atoms with van der Waals surface area (Å²) in [5.41, 5.74) is 5.44. The summed E-state index contributed by atoms with van der Waals surface area (Å²) in [6.45, 7) is 0. The van der Waals surface area contributed by atoms with Crippen molar-refractivity contribution in [2.45, 2.75) is 31.9 Å². The van der Waals surface area contributed by atoms with Gasteiger partial charge in [-0.15, -0.1) is 0 Å². The van der Waals surface area contributed by atoms with Crippen LogP contribution in [0.2, 0.25) is 0 Å². The summed E-state index contributed by atoms with van der Waals surface area (Å²) in [4.78, 5) is 0. The molecular weight excluding hydrogens is 145 g/mol. The Balaban J connectivity index is 2.04. The predicted octanol–water partition coefficient (Wildman–Crippen LogP) is -0.553. The molecule has 64 valence electrons. The van der Waals surface area contributed by atoms with Crippen molar-refractivity contribution in [1.29, 1.82) is 0 Å². The minimum atomic E-state index is -1.73. The van der Waals surface area contributed by atoms with Gasteiger partial charge in [0, 0.05) is 0 Å². The van der Waals surface area contributed by atoms with E-state index in [4.69, 9.17) is 15.8 Å². The highest BCUT2D eigenvalue weighted by Gasteiger charge is 2.22. The third-order valence-electron chi connectivity index (χ3n) is 2.09. The van der Waals surface area contributed by atoms with Gasteiger partial charge in [0.2, 0.25) is 0 Å². The van der Waals surface area contributed by atoms with Crippen LogP contribution in [0.5, 0.6) is 0 Å². The van der Waals surface area contributed by atoms with Crippen molar-refractivity contribution < 1.29 is 14.7 Å². The largest absolute Gasteiger partial charge is 0.635 e. The van der Waals surface area contributed by atoms with Gasteiger partial charge in [0.1, 0.15) is 0 Å². The molecule has 0 amide bonds. The molecule has 0 saturated heterocycles. The lowest BCUT2D eigenvalue weighted by atomic mass is 9.82. The van der Waals surface area contributed by atoms with Crippen LogP contribution in [-0.2, 0) is 4.65 Å². The van der Waals surface area contributed by atoms with E-state index in [1.54, 1.807) is 0 Å². The molecule has 1 atom stereocenters. The maximum absolute atomic E-state index is 8.38. The Morgan fingerprint density at radius 2 is 2.18 bits per heavy atom. The average molecular weight is 159 g/mol. The van der Waals surface area contributed by atoms with E-state index in [0.717, 1.165) is 6.42 Å². The van der Waals surface area contributed by atoms with Crippen LogP contribution in [0.1, 0.15) is 25.7 Å². The average Bonchev–Trinajstić information content (AvgIpc) is 1.77. The molecule has 0 heterocycles. The van der Waals surface area contributed by atoms with Crippen molar-refractivity contribution in [3.63, 3.8) is 0 Å². The van der Waals surface area contributed by atoms with E-state index in [2.05, 4.69) is 4.65 Å². The van der Waals surface area contributed by atoms with Gasteiger partial charge in [0.05, 0.1) is 6.23 Å². The van der Waals surface area contributed by atoms with Crippen molar-refractivity contribution >= 4 is 7.32 Å². The molecule has 0 radical (unpaired) electrons. The first-order valence-corrected chi connectivity index (χ1v) is 3.95. The van der Waals surface area contributed by atoms with E-state index in [1.807, 2.05) is 0 Å². The molecule has 0 spiro atoms. The Kier molecular flexibility index (Phi) is 3.32. The minimum absolute atomic E-state index is 0.528. The second-order valence-electron chi connectivity index (χ2n) is 3.03. The molecule has 0 aromatic rings. The van der Waals surface area contributed by atoms with Crippen LogP contribution in [0.15, 0.2) is 0 Å². The summed E-state index contributed by atoms with van der Waals surface area (Å²) in [6.07, 6.45) is 3.86. The summed E-state index contributed by atoms with van der Waals surface area (Å²) in [5, 5.41) is 16.8. The summed E-state index contributed by atoms with van der Waals surface area (Å²) in [5.74, 6) is 0.628. The molecule has 4 N–H and O–H groups in total. The SMILES string of the molecule is NC(CC1CCC1)OB(O)O. The first kappa shape index (κ1) is 9.00. The van der Waals surface area contributed by atoms with Crippen LogP contribution in [0.3, 0.4) is 0 Å². The van der Waals surface area contributed by atoms with Gasteiger partial charge in [-0.2, -0.15) is 0 Å². The van der Waals surface area contributed by atoms with Crippen LogP contribution < -0.4 is 5.73 Å². The van der Waals surface area contributed by atoms with Crippen molar-refractivity contribution in [1.82, 2.24) is 0 Å². The van der Waals surface area contributed by atoms with E-state index in [-0.39, 0.29) is 0 Å². The molecule has 1 rings (SSSR count). The lowest BCUT2D eigenvalue weighted by Crippen LogP contribution is -2.35. The molecule has 0 bridgehead atoms. The molecule has 0 aromatic heterocycles. The van der Waals surface area contributed by atoms with E-state index >= 15 is 0 Å². The number of hydrogen-bond acceptors (Lipinski definition) is 4. The monoisotopic (exact) mass is 159 g/mol. The van der Waals surface area contributed by atoms with E-state index in [1.165, 1.54) is 19.3 Å². The smallest absolute Gasteiger partial charge is 0.402 e. The quantitative estimate of drug-likeness (QED) is 0.380. The highest BCUT2D eigenvalue weighted by atomic mass is 16.6. The third kappa shape index (κ3) is 3.20. The summed E-state index contributed by atoms with van der Waals surface area (Å²) < 4.78 is 4.55. The molecule has 0 aliphatic heterocycles. The Bertz CT molecular complexity index is 118. The molecule has 1 aliphatic carbocycles. The van der Waals surface area contributed by atoms with Crippen LogP contribution in [-0.4, -0.2) is 23.6 Å². The van der Waals surface area contributed by atoms with Gasteiger partial charge in [0.25, 0.3) is 0 Å². The van der Waals surface area contributed by atoms with Gasteiger partial charge in [0.15, 0.2) is 0 Å². The third-order valence-corrected chi connectivity index (χ3v) is 2.09. The summed E-state index contributed by atoms with van der Waals surface area (Å²) in [6, 6.07) is 0. The van der Waals surface area contributed by atoms with E-state index in [0.29, 0.717) is 5.92 Å². The number of rotatable bonds is 4. The molecule has 1 fully saturated rings. The zero-order chi connectivity index (χ0) is 8.27. The maximum Gasteiger partial charge on any atom is 0.635 e. The molecule has 4 nitrogen and oxygen atoms in total. The molecule has 1 aliphatic rings. The Morgan fingerprint density at radius 1 is 1.55 bits per heavy atom. The fraction of sp³-hybridized carbons (Fsp3) is 1.00. The predicted molar refractivity (Wildman–Crippen MR) is 41.2 cm³/mol. The molecular formula is C6H14BNO3. The summed E-state index contributed by atoms with van der Waals surface area (Å²) >= 11 is 0. The lowest BCUT2D eigenvalue weighted by molar-refractivity contribution is 0.0885. The number of hydrogen-bond donors (Lipinski definition) is 3. The topological polar surface area (TPSA) is 75.7 Å². The molecule has 1 unspecified atom stereocenters. The highest BCUT2D eigenvalue weighted by molar-refractivity contribution is 6.32. The van der Waals surface area contributed by atoms with Crippen molar-refractivity contribution in [3.8, 4) is 0 Å². The molecule has 0 aromatic carbocycles. The highest BCUT2D eigenvalue weighted by Crippen LogP contribution is 2.30. The Labute approximate surface area is 66.5 Å². The lowest BCUT2D eigenvalue weighted by Gasteiger charge is -2.27. The van der Waals surface area contributed by atoms with Gasteiger partial charge in [-0.1, -0.05) is 19.3 Å². The standard InChI is InChI=1S/C6H14BNO3/c8-6(11-7(9)10)4-5-2-1-3-5/h5-6,9-10H,1-4,8H2. The first-order chi connectivity index (χ1) is 5.18. The fourth-order valence-electron chi connectivity index (χ4n) is 1.27. The normalized spacial score (nSPS) is 21.0. The second kappa shape index (κ2) is 4.06. The van der Waals surface area contributed by atoms with Gasteiger partial charge in [-0.3, -0.25) is 0 Å². The van der Waals surface area contributed by atoms with Crippen LogP contribution >= 0.6 is 0 Å². The molecule has 11 heavy (non-hydrogen) atoms. The van der Waals surface area contributed by atoms with Crippen LogP contribution in [0.4, 0.5) is 0 Å². The van der Waals surface area contributed by atoms with Gasteiger partial charge in [-0.25, -0.2) is 0 Å². The summed E-state index contributed by atoms with van der Waals surface area (Å²) in [7, 11) is -1.73. The van der Waals surface area contributed by atoms with Crippen molar-refractivity contribution in [2.24, 2.45) is 11.7 Å². The van der Waals surface area contributed by atoms with E-state index < -0.39 is 13.5 Å². The minimum Gasteiger partial charge on any atom is -0.402 e.